The molecule has 0 amide bonds. The number of rotatable bonds is 7. The molecule has 1 atom stereocenters. The van der Waals surface area contributed by atoms with Crippen LogP contribution in [0.3, 0.4) is 0 Å². The molecule has 152 valence electrons. The number of hydrogen-bond donors (Lipinski definition) is 1. The summed E-state index contributed by atoms with van der Waals surface area (Å²) in [6.45, 7) is 0. The zero-order valence-electron chi connectivity index (χ0n) is 15.6. The van der Waals surface area contributed by atoms with Gasteiger partial charge in [0.25, 0.3) is 0 Å². The SMILES string of the molecule is COc1ccc(C(Cc2c(Cl)c[n+](O)cc2Cl)OC(=O)c2cccs2)cc1OC. The Morgan fingerprint density at radius 1 is 1.14 bits per heavy atom. The molecule has 0 radical (unpaired) electrons. The maximum atomic E-state index is 12.6. The highest BCUT2D eigenvalue weighted by atomic mass is 35.5. The lowest BCUT2D eigenvalue weighted by molar-refractivity contribution is -0.904. The van der Waals surface area contributed by atoms with Crippen molar-refractivity contribution < 1.29 is 28.9 Å². The number of esters is 1. The Kier molecular flexibility index (Phi) is 6.84. The number of ether oxygens (including phenoxy) is 3. The van der Waals surface area contributed by atoms with Crippen molar-refractivity contribution in [2.24, 2.45) is 0 Å². The van der Waals surface area contributed by atoms with E-state index in [0.717, 1.165) is 4.73 Å². The third-order valence-corrected chi connectivity index (χ3v) is 5.71. The van der Waals surface area contributed by atoms with Gasteiger partial charge in [-0.1, -0.05) is 35.3 Å². The first-order valence-electron chi connectivity index (χ1n) is 8.47. The van der Waals surface area contributed by atoms with Crippen LogP contribution in [0.25, 0.3) is 0 Å². The highest BCUT2D eigenvalue weighted by molar-refractivity contribution is 7.11. The summed E-state index contributed by atoms with van der Waals surface area (Å²) in [5.74, 6) is 0.595. The number of thiophene rings is 1. The predicted molar refractivity (Wildman–Crippen MR) is 110 cm³/mol. The zero-order valence-corrected chi connectivity index (χ0v) is 17.9. The van der Waals surface area contributed by atoms with Crippen LogP contribution in [0.1, 0.15) is 26.9 Å². The first-order valence-corrected chi connectivity index (χ1v) is 10.1. The normalized spacial score (nSPS) is 11.7. The van der Waals surface area contributed by atoms with Crippen molar-refractivity contribution in [3.8, 4) is 11.5 Å². The average molecular weight is 455 g/mol. The Labute approximate surface area is 181 Å². The topological polar surface area (TPSA) is 68.9 Å². The van der Waals surface area contributed by atoms with E-state index in [9.17, 15) is 10.0 Å². The van der Waals surface area contributed by atoms with Gasteiger partial charge in [-0.15, -0.1) is 11.3 Å². The smallest absolute Gasteiger partial charge is 0.348 e. The molecule has 2 aromatic heterocycles. The van der Waals surface area contributed by atoms with Gasteiger partial charge in [0.05, 0.1) is 14.2 Å². The van der Waals surface area contributed by atoms with E-state index < -0.39 is 12.1 Å². The van der Waals surface area contributed by atoms with E-state index >= 15 is 0 Å². The number of carbonyl (C=O) groups is 1. The molecule has 0 bridgehead atoms. The number of hydrogen-bond acceptors (Lipinski definition) is 6. The molecule has 1 aromatic carbocycles. The molecular formula is C20H18Cl2NO5S+. The molecule has 29 heavy (non-hydrogen) atoms. The summed E-state index contributed by atoms with van der Waals surface area (Å²) in [7, 11) is 3.07. The molecule has 0 saturated carbocycles. The molecule has 1 N–H and O–H groups in total. The summed E-state index contributed by atoms with van der Waals surface area (Å²) in [6.07, 6.45) is 2.13. The first-order chi connectivity index (χ1) is 13.9. The van der Waals surface area contributed by atoms with Crippen LogP contribution >= 0.6 is 34.5 Å². The molecule has 9 heteroatoms. The van der Waals surface area contributed by atoms with E-state index in [4.69, 9.17) is 37.4 Å². The lowest BCUT2D eigenvalue weighted by Crippen LogP contribution is -2.29. The quantitative estimate of drug-likeness (QED) is 0.317. The van der Waals surface area contributed by atoms with Crippen LogP contribution in [-0.4, -0.2) is 25.4 Å². The summed E-state index contributed by atoms with van der Waals surface area (Å²) in [4.78, 5) is 13.1. The van der Waals surface area contributed by atoms with Crippen molar-refractivity contribution >= 4 is 40.5 Å². The Hall–Kier alpha value is -2.48. The minimum Gasteiger partial charge on any atom is -0.493 e. The minimum absolute atomic E-state index is 0.200. The van der Waals surface area contributed by atoms with E-state index in [0.29, 0.717) is 27.5 Å². The van der Waals surface area contributed by atoms with E-state index in [1.165, 1.54) is 30.8 Å². The van der Waals surface area contributed by atoms with Gasteiger partial charge in [0.15, 0.2) is 11.5 Å². The number of halogens is 2. The van der Waals surface area contributed by atoms with Crippen molar-refractivity contribution in [2.75, 3.05) is 14.2 Å². The van der Waals surface area contributed by atoms with Crippen molar-refractivity contribution in [3.63, 3.8) is 0 Å². The van der Waals surface area contributed by atoms with Crippen LogP contribution in [-0.2, 0) is 11.2 Å². The molecule has 0 aliphatic heterocycles. The highest BCUT2D eigenvalue weighted by Gasteiger charge is 2.25. The van der Waals surface area contributed by atoms with Gasteiger partial charge in [-0.05, 0) is 29.1 Å². The van der Waals surface area contributed by atoms with Gasteiger partial charge in [-0.25, -0.2) is 4.79 Å². The van der Waals surface area contributed by atoms with Gasteiger partial charge in [0.2, 0.25) is 12.4 Å². The Balaban J connectivity index is 1.99. The highest BCUT2D eigenvalue weighted by Crippen LogP contribution is 2.35. The monoisotopic (exact) mass is 454 g/mol. The number of pyridine rings is 1. The van der Waals surface area contributed by atoms with Crippen LogP contribution in [0.2, 0.25) is 10.0 Å². The molecular weight excluding hydrogens is 437 g/mol. The van der Waals surface area contributed by atoms with Crippen LogP contribution < -0.4 is 14.2 Å². The Bertz CT molecular complexity index is 987. The van der Waals surface area contributed by atoms with E-state index in [1.807, 2.05) is 0 Å². The molecule has 6 nitrogen and oxygen atoms in total. The van der Waals surface area contributed by atoms with Gasteiger partial charge in [-0.2, -0.15) is 0 Å². The fourth-order valence-corrected chi connectivity index (χ4v) is 3.99. The van der Waals surface area contributed by atoms with Gasteiger partial charge in [0, 0.05) is 16.7 Å². The Morgan fingerprint density at radius 2 is 1.83 bits per heavy atom. The largest absolute Gasteiger partial charge is 0.493 e. The molecule has 3 rings (SSSR count). The van der Waals surface area contributed by atoms with Gasteiger partial charge in [-0.3, -0.25) is 5.21 Å². The van der Waals surface area contributed by atoms with Crippen molar-refractivity contribution in [3.05, 3.63) is 74.2 Å². The van der Waals surface area contributed by atoms with Crippen LogP contribution in [0.15, 0.2) is 48.1 Å². The fraction of sp³-hybridized carbons (Fsp3) is 0.200. The molecule has 0 aliphatic rings. The second-order valence-corrected chi connectivity index (χ2v) is 7.76. The summed E-state index contributed by atoms with van der Waals surface area (Å²) < 4.78 is 17.2. The summed E-state index contributed by atoms with van der Waals surface area (Å²) in [6, 6.07) is 8.72. The average Bonchev–Trinajstić information content (AvgIpc) is 3.24. The molecule has 3 aromatic rings. The maximum absolute atomic E-state index is 12.6. The second-order valence-electron chi connectivity index (χ2n) is 6.00. The summed E-state index contributed by atoms with van der Waals surface area (Å²) in [5.41, 5.74) is 1.22. The summed E-state index contributed by atoms with van der Waals surface area (Å²) >= 11 is 13.8. The van der Waals surface area contributed by atoms with Crippen molar-refractivity contribution in [1.29, 1.82) is 0 Å². The van der Waals surface area contributed by atoms with Gasteiger partial charge in [0.1, 0.15) is 21.0 Å². The van der Waals surface area contributed by atoms with E-state index in [-0.39, 0.29) is 16.5 Å². The van der Waals surface area contributed by atoms with Crippen LogP contribution in [0.5, 0.6) is 11.5 Å². The predicted octanol–water partition coefficient (Wildman–Crippen LogP) is 4.74. The fourth-order valence-electron chi connectivity index (χ4n) is 2.78. The maximum Gasteiger partial charge on any atom is 0.348 e. The zero-order chi connectivity index (χ0) is 21.0. The second kappa shape index (κ2) is 9.35. The molecule has 0 spiro atoms. The third kappa shape index (κ3) is 4.93. The lowest BCUT2D eigenvalue weighted by Gasteiger charge is -2.20. The van der Waals surface area contributed by atoms with Crippen LogP contribution in [0, 0.1) is 0 Å². The van der Waals surface area contributed by atoms with Crippen molar-refractivity contribution in [2.45, 2.75) is 12.5 Å². The molecule has 0 aliphatic carbocycles. The standard InChI is InChI=1S/C20H18Cl2NO5S/c1-26-16-6-5-12(8-18(16)27-2)17(28-20(24)19-4-3-7-29-19)9-13-14(21)10-23(25)11-15(13)22/h3-8,10-11,17,25H,9H2,1-2H3/q+1. The molecule has 1 unspecified atom stereocenters. The minimum atomic E-state index is -0.700. The van der Waals surface area contributed by atoms with E-state index in [1.54, 1.807) is 42.8 Å². The molecule has 2 heterocycles. The lowest BCUT2D eigenvalue weighted by atomic mass is 10.0. The van der Waals surface area contributed by atoms with E-state index in [2.05, 4.69) is 0 Å². The number of benzene rings is 1. The first kappa shape index (κ1) is 21.2. The third-order valence-electron chi connectivity index (χ3n) is 4.21. The van der Waals surface area contributed by atoms with Gasteiger partial charge >= 0.3 is 5.97 Å². The van der Waals surface area contributed by atoms with Crippen molar-refractivity contribution in [1.82, 2.24) is 0 Å². The van der Waals surface area contributed by atoms with Crippen LogP contribution in [0.4, 0.5) is 0 Å². The molecule has 0 saturated heterocycles. The van der Waals surface area contributed by atoms with Gasteiger partial charge < -0.3 is 14.2 Å². The number of methoxy groups -OCH3 is 2. The molecule has 0 fully saturated rings. The summed E-state index contributed by atoms with van der Waals surface area (Å²) in [5, 5.41) is 11.9. The Morgan fingerprint density at radius 3 is 2.41 bits per heavy atom. The number of nitrogens with zero attached hydrogens (tertiary/aromatic N) is 1. The number of aromatic nitrogens is 1. The number of carbonyl (C=O) groups excluding carboxylic acids is 1.